The molecule has 2 heterocycles. The summed E-state index contributed by atoms with van der Waals surface area (Å²) in [5, 5.41) is 13.5. The standard InChI is InChI=1S/C37H48N2O8S/c1-25-8-15-30(16-9-25)48(42,43)39-24-35(47-33(7-6-19-44-4)27-12-17-34-32(21-27)38-18-20-46-34)31(26-10-13-29(45-5)14-11-26)22-28(39)23-37(2,3)36(40)41/h8-17,21,28,31,33,35,38H,6-7,18-20,22-24H2,1-5H3,(H,40,41)/t28-,31+,33?,35-/m0/s1. The maximum absolute atomic E-state index is 14.4. The Hall–Kier alpha value is -3.64. The van der Waals surface area contributed by atoms with Crippen LogP contribution in [0.3, 0.4) is 0 Å². The molecule has 0 aliphatic carbocycles. The van der Waals surface area contributed by atoms with Crippen LogP contribution in [0.4, 0.5) is 5.69 Å². The maximum atomic E-state index is 14.4. The van der Waals surface area contributed by atoms with Gasteiger partial charge in [0.05, 0.1) is 35.3 Å². The zero-order valence-electron chi connectivity index (χ0n) is 28.5. The molecule has 1 saturated heterocycles. The van der Waals surface area contributed by atoms with Gasteiger partial charge >= 0.3 is 5.97 Å². The van der Waals surface area contributed by atoms with Crippen LogP contribution < -0.4 is 14.8 Å². The number of rotatable bonds is 14. The Bertz CT molecular complexity index is 1640. The molecular weight excluding hydrogens is 632 g/mol. The number of hydrogen-bond donors (Lipinski definition) is 2. The van der Waals surface area contributed by atoms with Gasteiger partial charge < -0.3 is 29.4 Å². The molecule has 4 atom stereocenters. The van der Waals surface area contributed by atoms with Gasteiger partial charge in [0.1, 0.15) is 18.1 Å². The highest BCUT2D eigenvalue weighted by atomic mass is 32.2. The molecule has 2 aliphatic heterocycles. The smallest absolute Gasteiger partial charge is 0.309 e. The monoisotopic (exact) mass is 680 g/mol. The van der Waals surface area contributed by atoms with E-state index >= 15 is 0 Å². The van der Waals surface area contributed by atoms with Gasteiger partial charge in [0.25, 0.3) is 0 Å². The van der Waals surface area contributed by atoms with Crippen molar-refractivity contribution in [3.05, 3.63) is 83.4 Å². The van der Waals surface area contributed by atoms with E-state index in [0.29, 0.717) is 38.3 Å². The summed E-state index contributed by atoms with van der Waals surface area (Å²) in [5.41, 5.74) is 2.61. The van der Waals surface area contributed by atoms with Gasteiger partial charge in [0.15, 0.2) is 0 Å². The van der Waals surface area contributed by atoms with E-state index in [4.69, 9.17) is 18.9 Å². The number of methoxy groups -OCH3 is 2. The van der Waals surface area contributed by atoms with Gasteiger partial charge in [-0.3, -0.25) is 4.79 Å². The molecule has 0 saturated carbocycles. The van der Waals surface area contributed by atoms with Gasteiger partial charge in [-0.05, 0) is 94.0 Å². The molecule has 260 valence electrons. The number of anilines is 1. The highest BCUT2D eigenvalue weighted by molar-refractivity contribution is 7.89. The van der Waals surface area contributed by atoms with Gasteiger partial charge in [-0.25, -0.2) is 8.42 Å². The number of nitrogens with zero attached hydrogens (tertiary/aromatic N) is 1. The summed E-state index contributed by atoms with van der Waals surface area (Å²) in [4.78, 5) is 12.5. The minimum absolute atomic E-state index is 0.0559. The number of carboxylic acids is 1. The summed E-state index contributed by atoms with van der Waals surface area (Å²) >= 11 is 0. The van der Waals surface area contributed by atoms with Crippen LogP contribution >= 0.6 is 0 Å². The topological polar surface area (TPSA) is 124 Å². The minimum atomic E-state index is -4.01. The summed E-state index contributed by atoms with van der Waals surface area (Å²) in [7, 11) is -0.731. The Labute approximate surface area is 284 Å². The number of fused-ring (bicyclic) bond motifs is 1. The molecule has 0 aromatic heterocycles. The molecule has 2 N–H and O–H groups in total. The van der Waals surface area contributed by atoms with E-state index in [1.807, 2.05) is 43.3 Å². The maximum Gasteiger partial charge on any atom is 0.309 e. The number of hydrogen-bond acceptors (Lipinski definition) is 8. The Morgan fingerprint density at radius 1 is 1.08 bits per heavy atom. The molecule has 0 spiro atoms. The Morgan fingerprint density at radius 2 is 1.81 bits per heavy atom. The molecule has 2 aliphatic rings. The number of sulfonamides is 1. The van der Waals surface area contributed by atoms with Crippen LogP contribution in [0, 0.1) is 12.3 Å². The average Bonchev–Trinajstić information content (AvgIpc) is 3.08. The fraction of sp³-hybridized carbons (Fsp3) is 0.486. The number of piperidine rings is 1. The lowest BCUT2D eigenvalue weighted by Gasteiger charge is -2.46. The fourth-order valence-corrected chi connectivity index (χ4v) is 8.30. The summed E-state index contributed by atoms with van der Waals surface area (Å²) in [6, 6.07) is 20.0. The Kier molecular flexibility index (Phi) is 11.4. The van der Waals surface area contributed by atoms with Crippen molar-refractivity contribution in [1.82, 2.24) is 4.31 Å². The normalized spacial score (nSPS) is 20.6. The van der Waals surface area contributed by atoms with Gasteiger partial charge in [-0.2, -0.15) is 4.31 Å². The van der Waals surface area contributed by atoms with Crippen LogP contribution in [-0.4, -0.2) is 76.5 Å². The van der Waals surface area contributed by atoms with E-state index in [9.17, 15) is 18.3 Å². The van der Waals surface area contributed by atoms with E-state index in [2.05, 4.69) is 11.4 Å². The lowest BCUT2D eigenvalue weighted by molar-refractivity contribution is -0.148. The van der Waals surface area contributed by atoms with Crippen molar-refractivity contribution < 1.29 is 37.3 Å². The third kappa shape index (κ3) is 8.14. The number of aliphatic carboxylic acids is 1. The number of benzene rings is 3. The van der Waals surface area contributed by atoms with E-state index in [1.54, 1.807) is 52.3 Å². The van der Waals surface area contributed by atoms with Crippen molar-refractivity contribution >= 4 is 21.7 Å². The van der Waals surface area contributed by atoms with Gasteiger partial charge in [-0.1, -0.05) is 35.9 Å². The second-order valence-corrected chi connectivity index (χ2v) is 15.3. The first-order chi connectivity index (χ1) is 22.9. The zero-order valence-corrected chi connectivity index (χ0v) is 29.3. The number of nitrogens with one attached hydrogen (secondary N) is 1. The Morgan fingerprint density at radius 3 is 2.48 bits per heavy atom. The van der Waals surface area contributed by atoms with Crippen LogP contribution in [0.25, 0.3) is 0 Å². The SMILES string of the molecule is COCCCC(O[C@H]1CN(S(=O)(=O)c2ccc(C)cc2)[C@H](CC(C)(C)C(=O)O)C[C@@H]1c1ccc(OC)cc1)c1ccc2c(c1)NCCO2. The van der Waals surface area contributed by atoms with E-state index < -0.39 is 33.6 Å². The Balaban J connectivity index is 1.57. The minimum Gasteiger partial charge on any atom is -0.497 e. The fourth-order valence-electron chi connectivity index (χ4n) is 6.65. The molecule has 3 aromatic carbocycles. The van der Waals surface area contributed by atoms with E-state index in [1.165, 1.54) is 4.31 Å². The van der Waals surface area contributed by atoms with Crippen LogP contribution in [0.15, 0.2) is 71.6 Å². The summed E-state index contributed by atoms with van der Waals surface area (Å²) in [6.45, 7) is 7.11. The van der Waals surface area contributed by atoms with Crippen molar-refractivity contribution in [2.45, 2.75) is 75.5 Å². The molecule has 10 nitrogen and oxygen atoms in total. The second-order valence-electron chi connectivity index (χ2n) is 13.4. The van der Waals surface area contributed by atoms with Gasteiger partial charge in [0.2, 0.25) is 10.0 Å². The van der Waals surface area contributed by atoms with Crippen LogP contribution in [0.1, 0.15) is 68.2 Å². The summed E-state index contributed by atoms with van der Waals surface area (Å²) in [5.74, 6) is 0.297. The molecule has 1 unspecified atom stereocenters. The number of carbonyl (C=O) groups is 1. The van der Waals surface area contributed by atoms with Crippen molar-refractivity contribution in [2.24, 2.45) is 5.41 Å². The van der Waals surface area contributed by atoms with Crippen LogP contribution in [-0.2, 0) is 24.3 Å². The summed E-state index contributed by atoms with van der Waals surface area (Å²) < 4.78 is 54.1. The first-order valence-corrected chi connectivity index (χ1v) is 18.0. The van der Waals surface area contributed by atoms with Crippen molar-refractivity contribution in [2.75, 3.05) is 45.8 Å². The quantitative estimate of drug-likeness (QED) is 0.186. The molecule has 0 bridgehead atoms. The summed E-state index contributed by atoms with van der Waals surface area (Å²) in [6.07, 6.45) is 0.998. The largest absolute Gasteiger partial charge is 0.497 e. The zero-order chi connectivity index (χ0) is 34.5. The van der Waals surface area contributed by atoms with E-state index in [0.717, 1.165) is 34.5 Å². The molecule has 3 aromatic rings. The number of carboxylic acid groups (broad SMARTS) is 1. The molecule has 0 radical (unpaired) electrons. The lowest BCUT2D eigenvalue weighted by atomic mass is 9.77. The van der Waals surface area contributed by atoms with E-state index in [-0.39, 0.29) is 29.9 Å². The highest BCUT2D eigenvalue weighted by Gasteiger charge is 2.46. The molecular formula is C37H48N2O8S. The third-order valence-electron chi connectivity index (χ3n) is 9.44. The molecule has 11 heteroatoms. The van der Waals surface area contributed by atoms with Crippen LogP contribution in [0.2, 0.25) is 0 Å². The van der Waals surface area contributed by atoms with Gasteiger partial charge in [0, 0.05) is 38.8 Å². The first-order valence-electron chi connectivity index (χ1n) is 16.5. The predicted octanol–water partition coefficient (Wildman–Crippen LogP) is 6.41. The molecule has 0 amide bonds. The van der Waals surface area contributed by atoms with Gasteiger partial charge in [-0.15, -0.1) is 0 Å². The van der Waals surface area contributed by atoms with Crippen molar-refractivity contribution in [3.8, 4) is 11.5 Å². The highest BCUT2D eigenvalue weighted by Crippen LogP contribution is 2.43. The van der Waals surface area contributed by atoms with Crippen molar-refractivity contribution in [3.63, 3.8) is 0 Å². The second kappa shape index (κ2) is 15.3. The first kappa shape index (κ1) is 35.7. The molecule has 5 rings (SSSR count). The lowest BCUT2D eigenvalue weighted by Crippen LogP contribution is -2.54. The number of ether oxygens (including phenoxy) is 4. The van der Waals surface area contributed by atoms with Crippen molar-refractivity contribution in [1.29, 1.82) is 0 Å². The average molecular weight is 681 g/mol. The number of aryl methyl sites for hydroxylation is 1. The molecule has 48 heavy (non-hydrogen) atoms. The third-order valence-corrected chi connectivity index (χ3v) is 11.4. The van der Waals surface area contributed by atoms with Crippen LogP contribution in [0.5, 0.6) is 11.5 Å². The predicted molar refractivity (Wildman–Crippen MR) is 184 cm³/mol. The molecule has 1 fully saturated rings.